The number of nitrogens with one attached hydrogen (secondary N) is 1. The first-order valence-electron chi connectivity index (χ1n) is 6.13. The fourth-order valence-electron chi connectivity index (χ4n) is 2.58. The summed E-state index contributed by atoms with van der Waals surface area (Å²) >= 11 is 0. The summed E-state index contributed by atoms with van der Waals surface area (Å²) < 4.78 is 0. The minimum atomic E-state index is -0.212. The summed E-state index contributed by atoms with van der Waals surface area (Å²) in [5.41, 5.74) is 2.50. The first kappa shape index (κ1) is 10.3. The number of hydrogen-bond donors (Lipinski definition) is 1. The van der Waals surface area contributed by atoms with Crippen LogP contribution in [0.3, 0.4) is 0 Å². The van der Waals surface area contributed by atoms with Crippen LogP contribution in [0.4, 0.5) is 0 Å². The van der Waals surface area contributed by atoms with E-state index in [0.717, 1.165) is 27.2 Å². The summed E-state index contributed by atoms with van der Waals surface area (Å²) in [6.07, 6.45) is 0. The van der Waals surface area contributed by atoms with Gasteiger partial charge in [-0.2, -0.15) is 0 Å². The third kappa shape index (κ3) is 1.45. The second kappa shape index (κ2) is 3.65. The second-order valence-corrected chi connectivity index (χ2v) is 4.57. The van der Waals surface area contributed by atoms with Crippen molar-refractivity contribution in [2.75, 3.05) is 0 Å². The smallest absolute Gasteiger partial charge is 0.270 e. The molecular formula is C16H10N2O. The normalized spacial score (nSPS) is 11.4. The Morgan fingerprint density at radius 3 is 2.47 bits per heavy atom. The Labute approximate surface area is 108 Å². The maximum Gasteiger partial charge on any atom is 0.270 e. The van der Waals surface area contributed by atoms with Gasteiger partial charge in [-0.05, 0) is 12.1 Å². The van der Waals surface area contributed by atoms with Crippen molar-refractivity contribution < 1.29 is 0 Å². The highest BCUT2D eigenvalue weighted by atomic mass is 16.1. The Kier molecular flexibility index (Phi) is 1.97. The van der Waals surface area contributed by atoms with Gasteiger partial charge in [-0.15, -0.1) is 0 Å². The van der Waals surface area contributed by atoms with Gasteiger partial charge in [0.15, 0.2) is 0 Å². The lowest BCUT2D eigenvalue weighted by Gasteiger charge is -1.90. The zero-order chi connectivity index (χ0) is 12.8. The molecule has 1 N–H and O–H groups in total. The Balaban J connectivity index is 2.42. The molecule has 4 aromatic rings. The number of rotatable bonds is 0. The molecule has 0 atom stereocenters. The van der Waals surface area contributed by atoms with Gasteiger partial charge in [0.2, 0.25) is 0 Å². The number of H-pyrrole nitrogens is 1. The zero-order valence-corrected chi connectivity index (χ0v) is 10.1. The Bertz CT molecular complexity index is 986. The average Bonchev–Trinajstić information content (AvgIpc) is 2.71. The zero-order valence-electron chi connectivity index (χ0n) is 10.1. The summed E-state index contributed by atoms with van der Waals surface area (Å²) in [4.78, 5) is 19.4. The molecule has 0 spiro atoms. The molecular weight excluding hydrogens is 236 g/mol. The van der Waals surface area contributed by atoms with Gasteiger partial charge in [0, 0.05) is 27.7 Å². The van der Waals surface area contributed by atoms with E-state index in [-0.39, 0.29) is 5.56 Å². The number of nitrogens with zero attached hydrogens (tertiary/aromatic N) is 1. The van der Waals surface area contributed by atoms with Crippen LogP contribution in [0.1, 0.15) is 0 Å². The summed E-state index contributed by atoms with van der Waals surface area (Å²) in [5.74, 6) is 0. The molecule has 4 rings (SSSR count). The molecule has 0 aliphatic carbocycles. The molecule has 0 aliphatic rings. The number of fused-ring (bicyclic) bond motifs is 5. The van der Waals surface area contributed by atoms with E-state index < -0.39 is 0 Å². The lowest BCUT2D eigenvalue weighted by molar-refractivity contribution is 1.33. The number of aromatic nitrogens is 2. The quantitative estimate of drug-likeness (QED) is 0.517. The van der Waals surface area contributed by atoms with Crippen molar-refractivity contribution in [3.8, 4) is 0 Å². The lowest BCUT2D eigenvalue weighted by Crippen LogP contribution is -1.98. The van der Waals surface area contributed by atoms with Crippen molar-refractivity contribution in [1.29, 1.82) is 0 Å². The van der Waals surface area contributed by atoms with Crippen LogP contribution in [0.2, 0.25) is 0 Å². The molecule has 0 radical (unpaired) electrons. The van der Waals surface area contributed by atoms with Crippen LogP contribution >= 0.6 is 0 Å². The first-order chi connectivity index (χ1) is 9.33. The van der Waals surface area contributed by atoms with Crippen LogP contribution in [-0.2, 0) is 0 Å². The van der Waals surface area contributed by atoms with Gasteiger partial charge in [0.05, 0.1) is 11.0 Å². The van der Waals surface area contributed by atoms with E-state index in [4.69, 9.17) is 0 Å². The highest BCUT2D eigenvalue weighted by molar-refractivity contribution is 6.14. The van der Waals surface area contributed by atoms with E-state index in [1.54, 1.807) is 6.07 Å². The third-order valence-corrected chi connectivity index (χ3v) is 3.42. The van der Waals surface area contributed by atoms with Crippen LogP contribution in [0, 0.1) is 0 Å². The summed E-state index contributed by atoms with van der Waals surface area (Å²) in [5, 5.41) is 2.95. The minimum absolute atomic E-state index is 0.212. The predicted molar refractivity (Wildman–Crippen MR) is 77.4 cm³/mol. The Morgan fingerprint density at radius 1 is 0.842 bits per heavy atom. The molecule has 3 heteroatoms. The highest BCUT2D eigenvalue weighted by Gasteiger charge is 2.07. The van der Waals surface area contributed by atoms with Gasteiger partial charge < -0.3 is 4.98 Å². The van der Waals surface area contributed by atoms with Crippen molar-refractivity contribution in [3.05, 3.63) is 65.0 Å². The van der Waals surface area contributed by atoms with Crippen molar-refractivity contribution in [2.45, 2.75) is 0 Å². The topological polar surface area (TPSA) is 45.8 Å². The van der Waals surface area contributed by atoms with Crippen LogP contribution in [-0.4, -0.2) is 9.97 Å². The molecule has 0 amide bonds. The predicted octanol–water partition coefficient (Wildman–Crippen LogP) is 3.23. The summed E-state index contributed by atoms with van der Waals surface area (Å²) in [7, 11) is 0. The molecule has 2 aromatic carbocycles. The Morgan fingerprint density at radius 2 is 1.58 bits per heavy atom. The van der Waals surface area contributed by atoms with Crippen molar-refractivity contribution in [2.24, 2.45) is 0 Å². The standard InChI is InChI=1S/C16H10N2O/c19-15-9-12-10-5-1-3-7-13(10)18-16(12)11-6-2-4-8-14(11)17-15/h1-9,18H. The van der Waals surface area contributed by atoms with Crippen molar-refractivity contribution in [1.82, 2.24) is 9.97 Å². The fraction of sp³-hybridized carbons (Fsp3) is 0. The van der Waals surface area contributed by atoms with Crippen molar-refractivity contribution in [3.63, 3.8) is 0 Å². The monoisotopic (exact) mass is 246 g/mol. The number of benzene rings is 2. The summed E-state index contributed by atoms with van der Waals surface area (Å²) in [6.45, 7) is 0. The van der Waals surface area contributed by atoms with Crippen LogP contribution in [0.25, 0.3) is 32.7 Å². The van der Waals surface area contributed by atoms with E-state index >= 15 is 0 Å². The number of para-hydroxylation sites is 2. The van der Waals surface area contributed by atoms with Gasteiger partial charge >= 0.3 is 0 Å². The highest BCUT2D eigenvalue weighted by Crippen LogP contribution is 2.27. The minimum Gasteiger partial charge on any atom is -0.354 e. The maximum absolute atomic E-state index is 11.9. The number of hydrogen-bond acceptors (Lipinski definition) is 2. The van der Waals surface area contributed by atoms with E-state index in [0.29, 0.717) is 5.52 Å². The molecule has 2 heterocycles. The molecule has 0 saturated heterocycles. The summed E-state index contributed by atoms with van der Waals surface area (Å²) in [6, 6.07) is 17.3. The van der Waals surface area contributed by atoms with Crippen molar-refractivity contribution >= 4 is 32.7 Å². The molecule has 19 heavy (non-hydrogen) atoms. The number of aromatic amines is 1. The molecule has 0 fully saturated rings. The van der Waals surface area contributed by atoms with Gasteiger partial charge in [0.1, 0.15) is 0 Å². The molecule has 0 unspecified atom stereocenters. The van der Waals surface area contributed by atoms with Crippen LogP contribution in [0.5, 0.6) is 0 Å². The van der Waals surface area contributed by atoms with Gasteiger partial charge in [-0.3, -0.25) is 4.79 Å². The van der Waals surface area contributed by atoms with Gasteiger partial charge in [0.25, 0.3) is 5.56 Å². The fourth-order valence-corrected chi connectivity index (χ4v) is 2.58. The van der Waals surface area contributed by atoms with E-state index in [9.17, 15) is 4.79 Å². The van der Waals surface area contributed by atoms with Gasteiger partial charge in [-0.1, -0.05) is 36.4 Å². The van der Waals surface area contributed by atoms with E-state index in [1.807, 2.05) is 48.5 Å². The SMILES string of the molecule is O=c1cc2c3ccccc3[nH]c2c2ccccc2n1. The molecule has 2 aromatic heterocycles. The molecule has 0 bridgehead atoms. The van der Waals surface area contributed by atoms with Crippen LogP contribution in [0.15, 0.2) is 59.4 Å². The lowest BCUT2D eigenvalue weighted by atomic mass is 10.1. The van der Waals surface area contributed by atoms with Gasteiger partial charge in [-0.25, -0.2) is 4.98 Å². The third-order valence-electron chi connectivity index (χ3n) is 3.42. The van der Waals surface area contributed by atoms with Crippen LogP contribution < -0.4 is 5.56 Å². The average molecular weight is 246 g/mol. The molecule has 0 saturated carbocycles. The molecule has 90 valence electrons. The Hall–Kier alpha value is -2.68. The first-order valence-corrected chi connectivity index (χ1v) is 6.13. The van der Waals surface area contributed by atoms with E-state index in [1.165, 1.54) is 0 Å². The largest absolute Gasteiger partial charge is 0.354 e. The second-order valence-electron chi connectivity index (χ2n) is 4.57. The maximum atomic E-state index is 11.9. The molecule has 0 aliphatic heterocycles. The molecule has 3 nitrogen and oxygen atoms in total. The van der Waals surface area contributed by atoms with E-state index in [2.05, 4.69) is 9.97 Å².